The smallest absolute Gasteiger partial charge is 0.257 e. The van der Waals surface area contributed by atoms with Crippen molar-refractivity contribution in [3.63, 3.8) is 0 Å². The summed E-state index contributed by atoms with van der Waals surface area (Å²) in [5, 5.41) is 1.37. The van der Waals surface area contributed by atoms with Crippen molar-refractivity contribution in [2.24, 2.45) is 0 Å². The monoisotopic (exact) mass is 384 g/mol. The summed E-state index contributed by atoms with van der Waals surface area (Å²) in [6.07, 6.45) is 5.81. The number of anilines is 1. The van der Waals surface area contributed by atoms with Crippen LogP contribution in [-0.2, 0) is 0 Å². The molecule has 0 atom stereocenters. The highest BCUT2D eigenvalue weighted by Gasteiger charge is 2.47. The predicted octanol–water partition coefficient (Wildman–Crippen LogP) is 4.14. The minimum absolute atomic E-state index is 0.909. The zero-order chi connectivity index (χ0) is 20.3. The number of rotatable bonds is 4. The molecule has 2 aromatic heterocycles. The fourth-order valence-corrected chi connectivity index (χ4v) is 5.58. The molecular weight excluding hydrogens is 355 g/mol. The summed E-state index contributed by atoms with van der Waals surface area (Å²) in [7, 11) is 4.17. The van der Waals surface area contributed by atoms with Gasteiger partial charge in [0, 0.05) is 30.7 Å². The molecule has 29 heavy (non-hydrogen) atoms. The van der Waals surface area contributed by atoms with Gasteiger partial charge in [-0.3, -0.25) is 4.57 Å². The highest BCUT2D eigenvalue weighted by molar-refractivity contribution is 6.90. The number of benzene rings is 2. The van der Waals surface area contributed by atoms with Gasteiger partial charge in [0.25, 0.3) is 6.28 Å². The molecule has 0 N–H and O–H groups in total. The first-order valence-corrected chi connectivity index (χ1v) is 10.7. The van der Waals surface area contributed by atoms with E-state index in [1.807, 2.05) is 0 Å². The van der Waals surface area contributed by atoms with Crippen LogP contribution in [0.15, 0.2) is 60.9 Å². The molecule has 148 valence electrons. The summed E-state index contributed by atoms with van der Waals surface area (Å²) in [6.45, 7) is 6.96. The van der Waals surface area contributed by atoms with Gasteiger partial charge in [0.15, 0.2) is 5.82 Å². The quantitative estimate of drug-likeness (QED) is 0.382. The molecule has 0 saturated carbocycles. The second kappa shape index (κ2) is 6.28. The maximum absolute atomic E-state index is 2.66. The van der Waals surface area contributed by atoms with Crippen LogP contribution in [0.2, 0.25) is 12.6 Å². The van der Waals surface area contributed by atoms with E-state index in [0.29, 0.717) is 0 Å². The van der Waals surface area contributed by atoms with Crippen LogP contribution in [0.25, 0.3) is 22.4 Å². The fourth-order valence-electron chi connectivity index (χ4n) is 5.58. The van der Waals surface area contributed by atoms with Crippen LogP contribution >= 0.6 is 0 Å². The number of fused-ring (bicyclic) bond motifs is 5. The van der Waals surface area contributed by atoms with Crippen LogP contribution in [0, 0.1) is 6.92 Å². The van der Waals surface area contributed by atoms with Gasteiger partial charge in [-0.2, -0.15) is 0 Å². The lowest BCUT2D eigenvalue weighted by Gasteiger charge is -2.31. The Morgan fingerprint density at radius 3 is 2.31 bits per heavy atom. The van der Waals surface area contributed by atoms with Gasteiger partial charge in [0.05, 0.1) is 23.6 Å². The molecule has 3 heterocycles. The average Bonchev–Trinajstić information content (AvgIpc) is 3.38. The largest absolute Gasteiger partial charge is 0.439 e. The Morgan fingerprint density at radius 2 is 1.66 bits per heavy atom. The zero-order valence-corrected chi connectivity index (χ0v) is 18.1. The van der Waals surface area contributed by atoms with Crippen molar-refractivity contribution in [2.75, 3.05) is 19.0 Å². The molecule has 0 amide bonds. The predicted molar refractivity (Wildman–Crippen MR) is 124 cm³/mol. The molecule has 0 radical (unpaired) electrons. The van der Waals surface area contributed by atoms with Crippen molar-refractivity contribution in [2.45, 2.75) is 33.4 Å². The minimum atomic E-state index is -0.909. The van der Waals surface area contributed by atoms with E-state index in [-0.39, 0.29) is 0 Å². The summed E-state index contributed by atoms with van der Waals surface area (Å²) in [5.74, 6) is 1.34. The fraction of sp³-hybridized carbons (Fsp3) is 0.292. The lowest BCUT2D eigenvalue weighted by atomic mass is 9.31. The number of aromatic nitrogens is 3. The standard InChI is InChI=1S/C24H29BN4/c1-6-25(7-2)24-27(20-14-12-19(13-15-20)26(4)5)16-17-28(24)23-18(3)21-10-8-9-11-22(21)29(23)25/h8-17H,6-7H2,1-5H3. The first-order chi connectivity index (χ1) is 14.0. The van der Waals surface area contributed by atoms with Crippen molar-refractivity contribution < 1.29 is 4.57 Å². The van der Waals surface area contributed by atoms with Crippen LogP contribution < -0.4 is 15.2 Å². The first-order valence-electron chi connectivity index (χ1n) is 10.7. The molecule has 0 saturated heterocycles. The number of aryl methyl sites for hydroxylation is 1. The van der Waals surface area contributed by atoms with Gasteiger partial charge >= 0.3 is 0 Å². The summed E-state index contributed by atoms with van der Waals surface area (Å²) < 4.78 is 7.51. The highest BCUT2D eigenvalue weighted by Crippen LogP contribution is 2.35. The summed E-state index contributed by atoms with van der Waals surface area (Å²) in [4.78, 5) is 2.14. The Bertz CT molecular complexity index is 1210. The highest BCUT2D eigenvalue weighted by atomic mass is 15.3. The van der Waals surface area contributed by atoms with Gasteiger partial charge in [-0.15, -0.1) is 12.6 Å². The van der Waals surface area contributed by atoms with Crippen molar-refractivity contribution >= 4 is 28.6 Å². The number of hydrogen-bond acceptors (Lipinski definition) is 1. The van der Waals surface area contributed by atoms with E-state index in [1.54, 1.807) is 0 Å². The molecule has 2 aromatic carbocycles. The number of nitrogens with zero attached hydrogens (tertiary/aromatic N) is 4. The van der Waals surface area contributed by atoms with Crippen molar-refractivity contribution in [1.29, 1.82) is 0 Å². The van der Waals surface area contributed by atoms with E-state index < -0.39 is 6.28 Å². The molecule has 4 nitrogen and oxygen atoms in total. The Morgan fingerprint density at radius 1 is 0.966 bits per heavy atom. The molecular formula is C24H29BN4. The Hall–Kier alpha value is -2.95. The van der Waals surface area contributed by atoms with Gasteiger partial charge in [-0.05, 0) is 37.3 Å². The van der Waals surface area contributed by atoms with E-state index in [2.05, 4.69) is 114 Å². The second-order valence-corrected chi connectivity index (χ2v) is 8.65. The van der Waals surface area contributed by atoms with Crippen LogP contribution in [0.5, 0.6) is 0 Å². The maximum atomic E-state index is 2.66. The molecule has 5 heteroatoms. The van der Waals surface area contributed by atoms with E-state index in [4.69, 9.17) is 0 Å². The molecule has 4 aromatic rings. The van der Waals surface area contributed by atoms with Gasteiger partial charge < -0.3 is 9.38 Å². The third-order valence-corrected chi connectivity index (χ3v) is 7.19. The molecule has 0 unspecified atom stereocenters. The van der Waals surface area contributed by atoms with Crippen molar-refractivity contribution in [1.82, 2.24) is 9.05 Å². The lowest BCUT2D eigenvalue weighted by Crippen LogP contribution is -2.60. The average molecular weight is 384 g/mol. The van der Waals surface area contributed by atoms with Crippen molar-refractivity contribution in [3.8, 4) is 11.5 Å². The maximum Gasteiger partial charge on any atom is 0.257 e. The molecule has 0 bridgehead atoms. The molecule has 0 aliphatic carbocycles. The minimum Gasteiger partial charge on any atom is -0.439 e. The van der Waals surface area contributed by atoms with Crippen LogP contribution in [0.4, 0.5) is 5.69 Å². The van der Waals surface area contributed by atoms with Gasteiger partial charge in [-0.1, -0.05) is 32.0 Å². The van der Waals surface area contributed by atoms with Gasteiger partial charge in [0.2, 0.25) is 0 Å². The third-order valence-electron chi connectivity index (χ3n) is 7.19. The van der Waals surface area contributed by atoms with Crippen LogP contribution in [0.3, 0.4) is 0 Å². The SMILES string of the molecule is CC[B-]1(CC)c2n(-c3ccc(N(C)C)cc3)cc[n+]2-c2c(C)c3ccccc3n21. The first kappa shape index (κ1) is 18.1. The number of imidazole rings is 1. The Balaban J connectivity index is 1.80. The summed E-state index contributed by atoms with van der Waals surface area (Å²) >= 11 is 0. The molecule has 0 spiro atoms. The second-order valence-electron chi connectivity index (χ2n) is 8.65. The molecule has 0 fully saturated rings. The normalized spacial score (nSPS) is 14.2. The van der Waals surface area contributed by atoms with E-state index in [0.717, 1.165) is 12.6 Å². The topological polar surface area (TPSA) is 17.0 Å². The van der Waals surface area contributed by atoms with E-state index in [9.17, 15) is 0 Å². The number of hydrogen-bond donors (Lipinski definition) is 0. The number of para-hydroxylation sites is 1. The lowest BCUT2D eigenvalue weighted by molar-refractivity contribution is -0.576. The zero-order valence-electron chi connectivity index (χ0n) is 18.1. The van der Waals surface area contributed by atoms with E-state index >= 15 is 0 Å². The molecule has 1 aliphatic rings. The van der Waals surface area contributed by atoms with Gasteiger partial charge in [0.1, 0.15) is 5.69 Å². The van der Waals surface area contributed by atoms with Crippen molar-refractivity contribution in [3.05, 3.63) is 66.5 Å². The van der Waals surface area contributed by atoms with E-state index in [1.165, 1.54) is 39.4 Å². The van der Waals surface area contributed by atoms with Gasteiger partial charge in [-0.25, -0.2) is 4.57 Å². The molecule has 1 aliphatic heterocycles. The van der Waals surface area contributed by atoms with Crippen LogP contribution in [0.1, 0.15) is 19.4 Å². The Labute approximate surface area is 172 Å². The third kappa shape index (κ3) is 2.24. The summed E-state index contributed by atoms with van der Waals surface area (Å²) in [5.41, 5.74) is 6.60. The molecule has 5 rings (SSSR count). The Kier molecular flexibility index (Phi) is 3.92. The summed E-state index contributed by atoms with van der Waals surface area (Å²) in [6, 6.07) is 17.8. The van der Waals surface area contributed by atoms with Crippen LogP contribution in [-0.4, -0.2) is 29.4 Å².